The lowest BCUT2D eigenvalue weighted by Gasteiger charge is -2.30. The number of rotatable bonds is 3. The Morgan fingerprint density at radius 1 is 0.962 bits per heavy atom. The van der Waals surface area contributed by atoms with Crippen LogP contribution < -0.4 is 14.8 Å². The Bertz CT molecular complexity index is 785. The van der Waals surface area contributed by atoms with Crippen molar-refractivity contribution in [3.63, 3.8) is 0 Å². The van der Waals surface area contributed by atoms with Crippen LogP contribution in [0.1, 0.15) is 25.3 Å². The summed E-state index contributed by atoms with van der Waals surface area (Å²) in [4.78, 5) is 24.9. The molecule has 1 aromatic rings. The first-order valence-corrected chi connectivity index (χ1v) is 8.22. The van der Waals surface area contributed by atoms with E-state index in [-0.39, 0.29) is 0 Å². The molecule has 0 saturated heterocycles. The molecule has 1 N–H and O–H groups in total. The van der Waals surface area contributed by atoms with Crippen molar-refractivity contribution in [2.45, 2.75) is 19.8 Å². The number of hydrogen-bond acceptors (Lipinski definition) is 7. The first-order valence-electron chi connectivity index (χ1n) is 8.22. The van der Waals surface area contributed by atoms with Crippen LogP contribution in [0.3, 0.4) is 0 Å². The van der Waals surface area contributed by atoms with Crippen molar-refractivity contribution in [3.05, 3.63) is 46.3 Å². The fraction of sp³-hybridized carbons (Fsp3) is 0.368. The first-order chi connectivity index (χ1) is 12.5. The van der Waals surface area contributed by atoms with Gasteiger partial charge in [0.05, 0.1) is 31.3 Å². The van der Waals surface area contributed by atoms with Crippen LogP contribution in [0, 0.1) is 0 Å². The molecule has 0 aliphatic carbocycles. The maximum absolute atomic E-state index is 12.5. The lowest BCUT2D eigenvalue weighted by atomic mass is 9.80. The summed E-state index contributed by atoms with van der Waals surface area (Å²) in [6.45, 7) is 4.47. The Balaban J connectivity index is 2.17. The number of nitrogens with one attached hydrogen (secondary N) is 1. The number of carbonyl (C=O) groups is 2. The molecule has 0 fully saturated rings. The van der Waals surface area contributed by atoms with Gasteiger partial charge in [-0.2, -0.15) is 0 Å². The summed E-state index contributed by atoms with van der Waals surface area (Å²) in [5.74, 6) is -0.440. The molecule has 7 heteroatoms. The molecular formula is C19H21NO6. The molecule has 0 atom stereocenters. The lowest BCUT2D eigenvalue weighted by Crippen LogP contribution is -2.32. The lowest BCUT2D eigenvalue weighted by molar-refractivity contribution is -0.137. The molecule has 0 amide bonds. The second-order valence-corrected chi connectivity index (χ2v) is 6.02. The summed E-state index contributed by atoms with van der Waals surface area (Å²) in [5.41, 5.74) is 2.68. The van der Waals surface area contributed by atoms with E-state index in [0.717, 1.165) is 5.56 Å². The van der Waals surface area contributed by atoms with E-state index < -0.39 is 17.9 Å². The van der Waals surface area contributed by atoms with Gasteiger partial charge < -0.3 is 24.3 Å². The van der Waals surface area contributed by atoms with Crippen LogP contribution >= 0.6 is 0 Å². The molecule has 0 unspecified atom stereocenters. The number of esters is 2. The van der Waals surface area contributed by atoms with Crippen LogP contribution in [0.4, 0.5) is 0 Å². The zero-order valence-electron chi connectivity index (χ0n) is 15.2. The molecule has 2 aliphatic heterocycles. The predicted molar refractivity (Wildman–Crippen MR) is 92.7 cm³/mol. The van der Waals surface area contributed by atoms with Crippen LogP contribution in [0.5, 0.6) is 11.5 Å². The zero-order chi connectivity index (χ0) is 18.8. The number of methoxy groups -OCH3 is 2. The number of fused-ring (bicyclic) bond motifs is 1. The van der Waals surface area contributed by atoms with Crippen molar-refractivity contribution in [3.8, 4) is 11.5 Å². The average molecular weight is 359 g/mol. The molecule has 0 bridgehead atoms. The van der Waals surface area contributed by atoms with Gasteiger partial charge in [-0.3, -0.25) is 0 Å². The van der Waals surface area contributed by atoms with Gasteiger partial charge in [0.15, 0.2) is 11.5 Å². The van der Waals surface area contributed by atoms with E-state index in [2.05, 4.69) is 5.32 Å². The predicted octanol–water partition coefficient (Wildman–Crippen LogP) is 2.04. The highest BCUT2D eigenvalue weighted by Gasteiger charge is 2.38. The second kappa shape index (κ2) is 7.11. The van der Waals surface area contributed by atoms with Crippen LogP contribution in [-0.2, 0) is 19.1 Å². The fourth-order valence-electron chi connectivity index (χ4n) is 3.33. The molecule has 2 aliphatic rings. The summed E-state index contributed by atoms with van der Waals surface area (Å²) in [5, 5.41) is 3.07. The van der Waals surface area contributed by atoms with Gasteiger partial charge in [0.25, 0.3) is 0 Å². The van der Waals surface area contributed by atoms with E-state index >= 15 is 0 Å². The highest BCUT2D eigenvalue weighted by atomic mass is 16.6. The van der Waals surface area contributed by atoms with Crippen molar-refractivity contribution < 1.29 is 28.5 Å². The van der Waals surface area contributed by atoms with Crippen LogP contribution in [0.15, 0.2) is 40.7 Å². The van der Waals surface area contributed by atoms with Crippen molar-refractivity contribution in [1.82, 2.24) is 5.32 Å². The molecule has 0 spiro atoms. The largest absolute Gasteiger partial charge is 0.486 e. The highest BCUT2D eigenvalue weighted by Crippen LogP contribution is 2.42. The standard InChI is InChI=1S/C19H21NO6/c1-10-15(18(21)23-3)17(16(11(2)20-10)19(22)24-4)12-5-6-13-14(9-12)26-8-7-25-13/h5-6,9,17,20H,7-8H2,1-4H3. The quantitative estimate of drug-likeness (QED) is 0.827. The number of allylic oxidation sites excluding steroid dienone is 2. The fourth-order valence-corrected chi connectivity index (χ4v) is 3.33. The molecule has 0 saturated carbocycles. The van der Waals surface area contributed by atoms with Gasteiger partial charge in [0.2, 0.25) is 0 Å². The molecule has 26 heavy (non-hydrogen) atoms. The van der Waals surface area contributed by atoms with E-state index in [1.807, 2.05) is 6.07 Å². The molecule has 138 valence electrons. The summed E-state index contributed by atoms with van der Waals surface area (Å²) in [6.07, 6.45) is 0. The molecule has 0 radical (unpaired) electrons. The smallest absolute Gasteiger partial charge is 0.336 e. The SMILES string of the molecule is COC(=O)C1=C(C)NC(C)=C(C(=O)OC)C1c1ccc2c(c1)OCCO2. The van der Waals surface area contributed by atoms with Gasteiger partial charge >= 0.3 is 11.9 Å². The number of ether oxygens (including phenoxy) is 4. The molecule has 0 aromatic heterocycles. The normalized spacial score (nSPS) is 16.9. The van der Waals surface area contributed by atoms with Crippen molar-refractivity contribution in [1.29, 1.82) is 0 Å². The van der Waals surface area contributed by atoms with Crippen molar-refractivity contribution in [2.24, 2.45) is 0 Å². The third-order valence-corrected chi connectivity index (χ3v) is 4.47. The minimum Gasteiger partial charge on any atom is -0.486 e. The summed E-state index contributed by atoms with van der Waals surface area (Å²) in [7, 11) is 2.62. The third kappa shape index (κ3) is 3.00. The van der Waals surface area contributed by atoms with Gasteiger partial charge in [-0.25, -0.2) is 9.59 Å². The minimum absolute atomic E-state index is 0.357. The monoisotopic (exact) mass is 359 g/mol. The van der Waals surface area contributed by atoms with E-state index in [1.54, 1.807) is 26.0 Å². The van der Waals surface area contributed by atoms with Gasteiger partial charge in [-0.05, 0) is 31.5 Å². The number of hydrogen-bond donors (Lipinski definition) is 1. The third-order valence-electron chi connectivity index (χ3n) is 4.47. The number of dihydropyridines is 1. The minimum atomic E-state index is -0.632. The highest BCUT2D eigenvalue weighted by molar-refractivity contribution is 5.99. The van der Waals surface area contributed by atoms with Crippen molar-refractivity contribution in [2.75, 3.05) is 27.4 Å². The number of carbonyl (C=O) groups excluding carboxylic acids is 2. The van der Waals surface area contributed by atoms with Gasteiger partial charge in [-0.15, -0.1) is 0 Å². The first kappa shape index (κ1) is 17.8. The molecule has 2 heterocycles. The summed E-state index contributed by atoms with van der Waals surface area (Å²) < 4.78 is 21.1. The molecular weight excluding hydrogens is 338 g/mol. The topological polar surface area (TPSA) is 83.1 Å². The van der Waals surface area contributed by atoms with Crippen LogP contribution in [-0.4, -0.2) is 39.4 Å². The Morgan fingerprint density at radius 2 is 1.50 bits per heavy atom. The number of benzene rings is 1. The Hall–Kier alpha value is -2.96. The molecule has 7 nitrogen and oxygen atoms in total. The van der Waals surface area contributed by atoms with Crippen molar-refractivity contribution >= 4 is 11.9 Å². The van der Waals surface area contributed by atoms with Gasteiger partial charge in [0, 0.05) is 11.4 Å². The van der Waals surface area contributed by atoms with E-state index in [9.17, 15) is 9.59 Å². The Kier molecular flexibility index (Phi) is 4.88. The summed E-state index contributed by atoms with van der Waals surface area (Å²) >= 11 is 0. The van der Waals surface area contributed by atoms with Gasteiger partial charge in [0.1, 0.15) is 13.2 Å². The summed E-state index contributed by atoms with van der Waals surface area (Å²) in [6, 6.07) is 5.38. The van der Waals surface area contributed by atoms with E-state index in [4.69, 9.17) is 18.9 Å². The average Bonchev–Trinajstić information content (AvgIpc) is 2.65. The van der Waals surface area contributed by atoms with E-state index in [0.29, 0.717) is 47.3 Å². The Labute approximate surface area is 151 Å². The maximum atomic E-state index is 12.5. The zero-order valence-corrected chi connectivity index (χ0v) is 15.2. The van der Waals surface area contributed by atoms with Crippen LogP contribution in [0.2, 0.25) is 0 Å². The van der Waals surface area contributed by atoms with E-state index in [1.165, 1.54) is 14.2 Å². The molecule has 3 rings (SSSR count). The second-order valence-electron chi connectivity index (χ2n) is 6.02. The van der Waals surface area contributed by atoms with Gasteiger partial charge in [-0.1, -0.05) is 6.07 Å². The van der Waals surface area contributed by atoms with Crippen LogP contribution in [0.25, 0.3) is 0 Å². The molecule has 1 aromatic carbocycles. The Morgan fingerprint density at radius 3 is 2.04 bits per heavy atom. The maximum Gasteiger partial charge on any atom is 0.336 e.